The molecule has 0 heterocycles. The maximum absolute atomic E-state index is 6.29. The second kappa shape index (κ2) is 6.64. The van der Waals surface area contributed by atoms with E-state index in [0.717, 1.165) is 21.5 Å². The van der Waals surface area contributed by atoms with Gasteiger partial charge in [0, 0.05) is 10.5 Å². The Morgan fingerprint density at radius 3 is 2.22 bits per heavy atom. The predicted octanol–water partition coefficient (Wildman–Crippen LogP) is 3.69. The van der Waals surface area contributed by atoms with Gasteiger partial charge in [-0.05, 0) is 36.5 Å². The van der Waals surface area contributed by atoms with E-state index in [0.29, 0.717) is 5.92 Å². The lowest BCUT2D eigenvalue weighted by Crippen LogP contribution is -2.27. The highest BCUT2D eigenvalue weighted by Gasteiger charge is 2.27. The summed E-state index contributed by atoms with van der Waals surface area (Å²) in [6.07, 6.45) is 3.74. The molecule has 0 spiro atoms. The van der Waals surface area contributed by atoms with Crippen molar-refractivity contribution in [1.82, 2.24) is 0 Å². The van der Waals surface area contributed by atoms with E-state index < -0.39 is 0 Å². The van der Waals surface area contributed by atoms with Gasteiger partial charge in [-0.2, -0.15) is 0 Å². The molecular weight excluding hydrogens is 318 g/mol. The van der Waals surface area contributed by atoms with Gasteiger partial charge in [0.05, 0.1) is 14.2 Å². The zero-order valence-electron chi connectivity index (χ0n) is 10.6. The van der Waals surface area contributed by atoms with Crippen molar-refractivity contribution in [1.29, 1.82) is 0 Å². The third kappa shape index (κ3) is 2.92. The van der Waals surface area contributed by atoms with Crippen molar-refractivity contribution in [3.8, 4) is 11.5 Å². The van der Waals surface area contributed by atoms with Crippen molar-refractivity contribution in [2.75, 3.05) is 14.2 Å². The van der Waals surface area contributed by atoms with Crippen molar-refractivity contribution in [3.63, 3.8) is 0 Å². The summed E-state index contributed by atoms with van der Waals surface area (Å²) in [5.41, 5.74) is 7.39. The van der Waals surface area contributed by atoms with Crippen molar-refractivity contribution in [3.05, 3.63) is 22.2 Å². The minimum absolute atomic E-state index is 0. The van der Waals surface area contributed by atoms with Crippen LogP contribution in [0.4, 0.5) is 0 Å². The molecule has 1 aliphatic rings. The Labute approximate surface area is 123 Å². The monoisotopic (exact) mass is 335 g/mol. The highest BCUT2D eigenvalue weighted by Crippen LogP contribution is 2.42. The molecule has 1 atom stereocenters. The SMILES string of the molecule is COc1cc(Br)c([C@@H](N)C2CCC2)cc1OC.Cl. The highest BCUT2D eigenvalue weighted by molar-refractivity contribution is 9.10. The molecule has 0 radical (unpaired) electrons. The molecule has 1 aromatic rings. The topological polar surface area (TPSA) is 44.5 Å². The zero-order chi connectivity index (χ0) is 12.4. The van der Waals surface area contributed by atoms with E-state index in [4.69, 9.17) is 15.2 Å². The number of benzene rings is 1. The zero-order valence-corrected chi connectivity index (χ0v) is 13.0. The normalized spacial score (nSPS) is 16.4. The summed E-state index contributed by atoms with van der Waals surface area (Å²) in [6.45, 7) is 0. The maximum Gasteiger partial charge on any atom is 0.161 e. The van der Waals surface area contributed by atoms with Gasteiger partial charge in [-0.25, -0.2) is 0 Å². The number of hydrogen-bond acceptors (Lipinski definition) is 3. The first-order valence-electron chi connectivity index (χ1n) is 5.84. The van der Waals surface area contributed by atoms with Gasteiger partial charge >= 0.3 is 0 Å². The Morgan fingerprint density at radius 1 is 1.22 bits per heavy atom. The molecule has 2 N–H and O–H groups in total. The first-order valence-corrected chi connectivity index (χ1v) is 6.63. The van der Waals surface area contributed by atoms with Crippen LogP contribution in [0.25, 0.3) is 0 Å². The number of nitrogens with two attached hydrogens (primary N) is 1. The predicted molar refractivity (Wildman–Crippen MR) is 78.8 cm³/mol. The fourth-order valence-corrected chi connectivity index (χ4v) is 2.76. The Bertz CT molecular complexity index is 410. The molecule has 1 saturated carbocycles. The maximum atomic E-state index is 6.29. The molecule has 0 saturated heterocycles. The van der Waals surface area contributed by atoms with Crippen LogP contribution in [0.3, 0.4) is 0 Å². The van der Waals surface area contributed by atoms with Crippen LogP contribution in [0.2, 0.25) is 0 Å². The van der Waals surface area contributed by atoms with Crippen LogP contribution in [-0.4, -0.2) is 14.2 Å². The molecule has 0 amide bonds. The number of rotatable bonds is 4. The van der Waals surface area contributed by atoms with Gasteiger partial charge in [0.25, 0.3) is 0 Å². The average Bonchev–Trinajstić information content (AvgIpc) is 2.26. The molecule has 1 aromatic carbocycles. The molecule has 2 rings (SSSR count). The summed E-state index contributed by atoms with van der Waals surface area (Å²) in [5.74, 6) is 2.06. The summed E-state index contributed by atoms with van der Waals surface area (Å²) in [4.78, 5) is 0. The van der Waals surface area contributed by atoms with Gasteiger partial charge in [0.15, 0.2) is 11.5 Å². The fraction of sp³-hybridized carbons (Fsp3) is 0.538. The van der Waals surface area contributed by atoms with Gasteiger partial charge < -0.3 is 15.2 Å². The van der Waals surface area contributed by atoms with Gasteiger partial charge in [-0.1, -0.05) is 22.4 Å². The van der Waals surface area contributed by atoms with Gasteiger partial charge in [0.1, 0.15) is 0 Å². The molecule has 1 fully saturated rings. The van der Waals surface area contributed by atoms with Gasteiger partial charge in [-0.3, -0.25) is 0 Å². The largest absolute Gasteiger partial charge is 0.493 e. The Morgan fingerprint density at radius 2 is 1.78 bits per heavy atom. The third-order valence-electron chi connectivity index (χ3n) is 3.52. The Hall–Kier alpha value is -0.450. The van der Waals surface area contributed by atoms with E-state index >= 15 is 0 Å². The van der Waals surface area contributed by atoms with Crippen LogP contribution in [-0.2, 0) is 0 Å². The van der Waals surface area contributed by atoms with Crippen LogP contribution < -0.4 is 15.2 Å². The molecule has 0 unspecified atom stereocenters. The van der Waals surface area contributed by atoms with E-state index in [1.54, 1.807) is 14.2 Å². The van der Waals surface area contributed by atoms with Crippen LogP contribution in [0, 0.1) is 5.92 Å². The average molecular weight is 337 g/mol. The van der Waals surface area contributed by atoms with Crippen LogP contribution in [0.5, 0.6) is 11.5 Å². The van der Waals surface area contributed by atoms with Crippen molar-refractivity contribution in [2.24, 2.45) is 11.7 Å². The molecule has 1 aliphatic carbocycles. The Balaban J connectivity index is 0.00000162. The van der Waals surface area contributed by atoms with Gasteiger partial charge in [0.2, 0.25) is 0 Å². The molecule has 5 heteroatoms. The smallest absolute Gasteiger partial charge is 0.161 e. The lowest BCUT2D eigenvalue weighted by atomic mass is 9.77. The summed E-state index contributed by atoms with van der Waals surface area (Å²) < 4.78 is 11.6. The highest BCUT2D eigenvalue weighted by atomic mass is 79.9. The van der Waals surface area contributed by atoms with Crippen LogP contribution >= 0.6 is 28.3 Å². The summed E-state index contributed by atoms with van der Waals surface area (Å²) in [5, 5.41) is 0. The molecule has 102 valence electrons. The number of ether oxygens (including phenoxy) is 2. The van der Waals surface area contributed by atoms with E-state index in [1.807, 2.05) is 12.1 Å². The van der Waals surface area contributed by atoms with E-state index in [1.165, 1.54) is 19.3 Å². The standard InChI is InChI=1S/C13H18BrNO2.ClH/c1-16-11-6-9(10(14)7-12(11)17-2)13(15)8-4-3-5-8;/h6-8,13H,3-5,15H2,1-2H3;1H/t13-;/m0./s1. The van der Waals surface area contributed by atoms with Crippen molar-refractivity contribution >= 4 is 28.3 Å². The van der Waals surface area contributed by atoms with Crippen LogP contribution in [0.15, 0.2) is 16.6 Å². The van der Waals surface area contributed by atoms with Crippen molar-refractivity contribution in [2.45, 2.75) is 25.3 Å². The molecular formula is C13H19BrClNO2. The second-order valence-electron chi connectivity index (χ2n) is 4.45. The minimum Gasteiger partial charge on any atom is -0.493 e. The second-order valence-corrected chi connectivity index (χ2v) is 5.30. The molecule has 0 aromatic heterocycles. The summed E-state index contributed by atoms with van der Waals surface area (Å²) in [7, 11) is 3.28. The number of methoxy groups -OCH3 is 2. The molecule has 18 heavy (non-hydrogen) atoms. The molecule has 0 aliphatic heterocycles. The van der Waals surface area contributed by atoms with Crippen LogP contribution in [0.1, 0.15) is 30.9 Å². The Kier molecular flexibility index (Phi) is 5.76. The number of hydrogen-bond donors (Lipinski definition) is 1. The minimum atomic E-state index is 0. The van der Waals surface area contributed by atoms with E-state index in [2.05, 4.69) is 15.9 Å². The van der Waals surface area contributed by atoms with Gasteiger partial charge in [-0.15, -0.1) is 12.4 Å². The lowest BCUT2D eigenvalue weighted by molar-refractivity contribution is 0.263. The van der Waals surface area contributed by atoms with E-state index in [9.17, 15) is 0 Å². The van der Waals surface area contributed by atoms with Crippen molar-refractivity contribution < 1.29 is 9.47 Å². The molecule has 0 bridgehead atoms. The summed E-state index contributed by atoms with van der Waals surface area (Å²) >= 11 is 3.56. The van der Waals surface area contributed by atoms with E-state index in [-0.39, 0.29) is 18.4 Å². The number of halogens is 2. The lowest BCUT2D eigenvalue weighted by Gasteiger charge is -2.32. The first-order chi connectivity index (χ1) is 8.17. The first kappa shape index (κ1) is 15.6. The summed E-state index contributed by atoms with van der Waals surface area (Å²) in [6, 6.07) is 3.98. The molecule has 3 nitrogen and oxygen atoms in total. The quantitative estimate of drug-likeness (QED) is 0.912. The third-order valence-corrected chi connectivity index (χ3v) is 4.21. The fourth-order valence-electron chi connectivity index (χ4n) is 2.18.